The molecule has 150 valence electrons. The van der Waals surface area contributed by atoms with Gasteiger partial charge in [0.15, 0.2) is 11.6 Å². The number of rotatable bonds is 6. The second kappa shape index (κ2) is 10.6. The van der Waals surface area contributed by atoms with Gasteiger partial charge < -0.3 is 15.5 Å². The van der Waals surface area contributed by atoms with Crippen LogP contribution in [0.1, 0.15) is 5.56 Å². The summed E-state index contributed by atoms with van der Waals surface area (Å²) in [6, 6.07) is 8.20. The van der Waals surface area contributed by atoms with Crippen LogP contribution in [0.2, 0.25) is 0 Å². The Morgan fingerprint density at radius 2 is 2.04 bits per heavy atom. The molecule has 0 atom stereocenters. The molecule has 0 aliphatic carbocycles. The van der Waals surface area contributed by atoms with E-state index >= 15 is 0 Å². The molecular formula is C18H24BrIN8. The van der Waals surface area contributed by atoms with E-state index in [-0.39, 0.29) is 24.0 Å². The number of nitrogens with zero attached hydrogens (tertiary/aromatic N) is 6. The summed E-state index contributed by atoms with van der Waals surface area (Å²) in [6.07, 6.45) is 3.32. The van der Waals surface area contributed by atoms with Crippen LogP contribution in [0.5, 0.6) is 0 Å². The first-order valence-corrected chi connectivity index (χ1v) is 9.41. The summed E-state index contributed by atoms with van der Waals surface area (Å²) in [5.41, 5.74) is 2.02. The average molecular weight is 559 g/mol. The van der Waals surface area contributed by atoms with Gasteiger partial charge in [-0.15, -0.1) is 24.0 Å². The number of halogens is 2. The fourth-order valence-corrected chi connectivity index (χ4v) is 3.21. The molecule has 8 nitrogen and oxygen atoms in total. The van der Waals surface area contributed by atoms with E-state index in [2.05, 4.69) is 57.6 Å². The number of nitrogens with one attached hydrogen (secondary N) is 2. The third-order valence-corrected chi connectivity index (χ3v) is 4.94. The zero-order valence-corrected chi connectivity index (χ0v) is 20.0. The van der Waals surface area contributed by atoms with Crippen LogP contribution in [-0.4, -0.2) is 57.8 Å². The van der Waals surface area contributed by atoms with E-state index in [1.54, 1.807) is 24.3 Å². The number of anilines is 1. The zero-order chi connectivity index (χ0) is 19.2. The number of benzene rings is 1. The molecule has 0 saturated carbocycles. The molecule has 2 aromatic heterocycles. The molecule has 0 aliphatic heterocycles. The summed E-state index contributed by atoms with van der Waals surface area (Å²) in [7, 11) is 5.67. The lowest BCUT2D eigenvalue weighted by Crippen LogP contribution is -2.40. The van der Waals surface area contributed by atoms with Crippen molar-refractivity contribution in [1.82, 2.24) is 30.0 Å². The number of hydrogen-bond acceptors (Lipinski definition) is 5. The maximum absolute atomic E-state index is 4.36. The van der Waals surface area contributed by atoms with Gasteiger partial charge in [0.1, 0.15) is 12.1 Å². The van der Waals surface area contributed by atoms with Crippen LogP contribution in [0, 0.1) is 0 Å². The maximum Gasteiger partial charge on any atom is 0.193 e. The fraction of sp³-hybridized carbons (Fsp3) is 0.333. The average Bonchev–Trinajstić information content (AvgIpc) is 3.05. The minimum atomic E-state index is 0. The van der Waals surface area contributed by atoms with Gasteiger partial charge in [-0.05, 0) is 11.6 Å². The van der Waals surface area contributed by atoms with Crippen molar-refractivity contribution in [3.63, 3.8) is 0 Å². The van der Waals surface area contributed by atoms with E-state index in [4.69, 9.17) is 0 Å². The van der Waals surface area contributed by atoms with Crippen LogP contribution in [0.25, 0.3) is 11.0 Å². The van der Waals surface area contributed by atoms with E-state index in [0.29, 0.717) is 13.1 Å². The molecule has 0 radical (unpaired) electrons. The molecule has 0 spiro atoms. The maximum atomic E-state index is 4.36. The van der Waals surface area contributed by atoms with Gasteiger partial charge in [-0.3, -0.25) is 9.67 Å². The van der Waals surface area contributed by atoms with Crippen LogP contribution in [0.4, 0.5) is 5.82 Å². The van der Waals surface area contributed by atoms with E-state index in [1.807, 2.05) is 32.3 Å². The van der Waals surface area contributed by atoms with Crippen molar-refractivity contribution in [1.29, 1.82) is 0 Å². The number of aliphatic imine (C=N–C) groups is 1. The monoisotopic (exact) mass is 558 g/mol. The Morgan fingerprint density at radius 1 is 1.25 bits per heavy atom. The highest BCUT2D eigenvalue weighted by Crippen LogP contribution is 2.18. The van der Waals surface area contributed by atoms with E-state index in [9.17, 15) is 0 Å². The topological polar surface area (TPSA) is 83.3 Å². The van der Waals surface area contributed by atoms with Crippen molar-refractivity contribution in [2.24, 2.45) is 12.0 Å². The third-order valence-electron chi connectivity index (χ3n) is 4.17. The Morgan fingerprint density at radius 3 is 2.79 bits per heavy atom. The Balaban J connectivity index is 0.00000280. The molecule has 0 fully saturated rings. The van der Waals surface area contributed by atoms with Crippen LogP contribution >= 0.6 is 39.9 Å². The molecule has 1 aromatic carbocycles. The molecule has 28 heavy (non-hydrogen) atoms. The van der Waals surface area contributed by atoms with E-state index < -0.39 is 0 Å². The Labute approximate surface area is 190 Å². The normalized spacial score (nSPS) is 11.2. The highest BCUT2D eigenvalue weighted by molar-refractivity contribution is 14.0. The first-order valence-electron chi connectivity index (χ1n) is 8.62. The van der Waals surface area contributed by atoms with Crippen molar-refractivity contribution < 1.29 is 0 Å². The van der Waals surface area contributed by atoms with Crippen molar-refractivity contribution >= 4 is 62.7 Å². The number of aryl methyl sites for hydroxylation is 1. The molecule has 0 aliphatic rings. The standard InChI is InChI=1S/C18H23BrN8.HI/c1-20-18(26(2)11-13-6-4-5-7-15(13)19)22-9-8-21-16-14-10-25-27(3)17(14)24-12-23-16;/h4-7,10,12H,8-9,11H2,1-3H3,(H,20,22)(H,21,23,24);1H. The molecule has 0 unspecified atom stereocenters. The summed E-state index contributed by atoms with van der Waals surface area (Å²) in [4.78, 5) is 15.0. The van der Waals surface area contributed by atoms with Gasteiger partial charge in [-0.2, -0.15) is 5.10 Å². The largest absolute Gasteiger partial charge is 0.368 e. The third kappa shape index (κ3) is 5.31. The first-order chi connectivity index (χ1) is 13.1. The molecule has 2 N–H and O–H groups in total. The summed E-state index contributed by atoms with van der Waals surface area (Å²) in [5.74, 6) is 1.62. The van der Waals surface area contributed by atoms with Gasteiger partial charge in [0.05, 0.1) is 11.6 Å². The summed E-state index contributed by atoms with van der Waals surface area (Å²) in [6.45, 7) is 2.17. The fourth-order valence-electron chi connectivity index (χ4n) is 2.80. The van der Waals surface area contributed by atoms with Gasteiger partial charge >= 0.3 is 0 Å². The number of aromatic nitrogens is 4. The Kier molecular flexibility index (Phi) is 8.42. The number of fused-ring (bicyclic) bond motifs is 1. The molecule has 3 aromatic rings. The van der Waals surface area contributed by atoms with Crippen molar-refractivity contribution in [3.05, 3.63) is 46.8 Å². The van der Waals surface area contributed by atoms with Crippen LogP contribution in [0.3, 0.4) is 0 Å². The van der Waals surface area contributed by atoms with Gasteiger partial charge in [-0.1, -0.05) is 34.1 Å². The quantitative estimate of drug-likeness (QED) is 0.209. The van der Waals surface area contributed by atoms with Crippen molar-refractivity contribution in [2.45, 2.75) is 6.54 Å². The first kappa shape index (κ1) is 22.3. The Hall–Kier alpha value is -1.95. The lowest BCUT2D eigenvalue weighted by molar-refractivity contribution is 0.477. The predicted octanol–water partition coefficient (Wildman–Crippen LogP) is 2.86. The summed E-state index contributed by atoms with van der Waals surface area (Å²) in [5, 5.41) is 11.8. The van der Waals surface area contributed by atoms with Crippen LogP contribution < -0.4 is 10.6 Å². The minimum absolute atomic E-state index is 0. The van der Waals surface area contributed by atoms with Gasteiger partial charge in [0.25, 0.3) is 0 Å². The Bertz CT molecular complexity index is 942. The molecule has 2 heterocycles. The minimum Gasteiger partial charge on any atom is -0.368 e. The van der Waals surface area contributed by atoms with Gasteiger partial charge in [0.2, 0.25) is 0 Å². The van der Waals surface area contributed by atoms with Crippen LogP contribution in [-0.2, 0) is 13.6 Å². The van der Waals surface area contributed by atoms with Crippen molar-refractivity contribution in [3.8, 4) is 0 Å². The molecule has 10 heteroatoms. The SMILES string of the molecule is CN=C(NCCNc1ncnc2c1cnn2C)N(C)Cc1ccccc1Br.I. The zero-order valence-electron chi connectivity index (χ0n) is 16.1. The lowest BCUT2D eigenvalue weighted by Gasteiger charge is -2.22. The molecule has 3 rings (SSSR count). The van der Waals surface area contributed by atoms with E-state index in [0.717, 1.165) is 33.8 Å². The van der Waals surface area contributed by atoms with Gasteiger partial charge in [0, 0.05) is 45.3 Å². The highest BCUT2D eigenvalue weighted by atomic mass is 127. The van der Waals surface area contributed by atoms with Crippen molar-refractivity contribution in [2.75, 3.05) is 32.5 Å². The second-order valence-corrected chi connectivity index (χ2v) is 6.93. The lowest BCUT2D eigenvalue weighted by atomic mass is 10.2. The smallest absolute Gasteiger partial charge is 0.193 e. The molecule has 0 amide bonds. The van der Waals surface area contributed by atoms with E-state index in [1.165, 1.54) is 5.56 Å². The number of hydrogen-bond donors (Lipinski definition) is 2. The van der Waals surface area contributed by atoms with Gasteiger partial charge in [-0.25, -0.2) is 9.97 Å². The predicted molar refractivity (Wildman–Crippen MR) is 127 cm³/mol. The summed E-state index contributed by atoms with van der Waals surface area (Å²) < 4.78 is 2.83. The van der Waals surface area contributed by atoms with Crippen LogP contribution in [0.15, 0.2) is 46.3 Å². The molecule has 0 bridgehead atoms. The number of guanidine groups is 1. The summed E-state index contributed by atoms with van der Waals surface area (Å²) >= 11 is 3.59. The second-order valence-electron chi connectivity index (χ2n) is 6.08. The molecular weight excluding hydrogens is 535 g/mol. The molecule has 0 saturated heterocycles. The highest BCUT2D eigenvalue weighted by Gasteiger charge is 2.09.